The Hall–Kier alpha value is -1.73. The second-order valence-electron chi connectivity index (χ2n) is 4.11. The fraction of sp³-hybridized carbons (Fsp3) is 0.462. The highest BCUT2D eigenvalue weighted by Crippen LogP contribution is 2.14. The van der Waals surface area contributed by atoms with Crippen molar-refractivity contribution in [1.82, 2.24) is 4.90 Å². The van der Waals surface area contributed by atoms with E-state index < -0.39 is 0 Å². The van der Waals surface area contributed by atoms with Crippen molar-refractivity contribution in [2.24, 2.45) is 0 Å². The van der Waals surface area contributed by atoms with Crippen molar-refractivity contribution in [3.05, 3.63) is 24.3 Å². The van der Waals surface area contributed by atoms with E-state index in [2.05, 4.69) is 11.0 Å². The first-order valence-electron chi connectivity index (χ1n) is 5.69. The van der Waals surface area contributed by atoms with Crippen LogP contribution >= 0.6 is 0 Å². The number of anilines is 1. The number of rotatable bonds is 6. The fourth-order valence-corrected chi connectivity index (χ4v) is 1.42. The SMILES string of the molecule is CC(CC#N)N(C)CCOc1cccc(N)c1. The third kappa shape index (κ3) is 4.75. The lowest BCUT2D eigenvalue weighted by molar-refractivity contribution is 0.201. The standard InChI is InChI=1S/C13H19N3O/c1-11(6-7-14)16(2)8-9-17-13-5-3-4-12(15)10-13/h3-5,10-11H,6,8-9,15H2,1-2H3. The highest BCUT2D eigenvalue weighted by molar-refractivity contribution is 5.43. The molecule has 0 aromatic heterocycles. The van der Waals surface area contributed by atoms with Crippen LogP contribution in [-0.4, -0.2) is 31.1 Å². The Morgan fingerprint density at radius 3 is 2.94 bits per heavy atom. The molecule has 0 saturated carbocycles. The molecular formula is C13H19N3O. The maximum absolute atomic E-state index is 8.60. The summed E-state index contributed by atoms with van der Waals surface area (Å²) in [7, 11) is 1.99. The van der Waals surface area contributed by atoms with Crippen LogP contribution in [0.3, 0.4) is 0 Å². The van der Waals surface area contributed by atoms with E-state index >= 15 is 0 Å². The van der Waals surface area contributed by atoms with Gasteiger partial charge in [0, 0.05) is 24.3 Å². The molecule has 0 saturated heterocycles. The van der Waals surface area contributed by atoms with E-state index in [1.807, 2.05) is 32.2 Å². The molecule has 1 atom stereocenters. The monoisotopic (exact) mass is 233 g/mol. The molecule has 0 spiro atoms. The van der Waals surface area contributed by atoms with E-state index in [0.29, 0.717) is 18.7 Å². The smallest absolute Gasteiger partial charge is 0.121 e. The van der Waals surface area contributed by atoms with Gasteiger partial charge in [0.1, 0.15) is 12.4 Å². The van der Waals surface area contributed by atoms with E-state index in [9.17, 15) is 0 Å². The summed E-state index contributed by atoms with van der Waals surface area (Å²) in [5.74, 6) is 0.784. The molecule has 2 N–H and O–H groups in total. The first kappa shape index (κ1) is 13.3. The number of nitrogens with zero attached hydrogens (tertiary/aromatic N) is 2. The van der Waals surface area contributed by atoms with E-state index in [4.69, 9.17) is 15.7 Å². The Bertz CT molecular complexity index is 386. The molecule has 0 amide bonds. The summed E-state index contributed by atoms with van der Waals surface area (Å²) in [5, 5.41) is 8.60. The van der Waals surface area contributed by atoms with Gasteiger partial charge in [-0.05, 0) is 26.1 Å². The highest BCUT2D eigenvalue weighted by atomic mass is 16.5. The van der Waals surface area contributed by atoms with Crippen LogP contribution in [0.25, 0.3) is 0 Å². The number of nitrogen functional groups attached to an aromatic ring is 1. The molecule has 1 aromatic carbocycles. The average molecular weight is 233 g/mol. The number of ether oxygens (including phenoxy) is 1. The topological polar surface area (TPSA) is 62.3 Å². The highest BCUT2D eigenvalue weighted by Gasteiger charge is 2.08. The Morgan fingerprint density at radius 2 is 2.29 bits per heavy atom. The van der Waals surface area contributed by atoms with E-state index in [0.717, 1.165) is 12.3 Å². The number of hydrogen-bond acceptors (Lipinski definition) is 4. The van der Waals surface area contributed by atoms with Gasteiger partial charge in [0.05, 0.1) is 12.5 Å². The molecule has 0 bridgehead atoms. The van der Waals surface area contributed by atoms with Gasteiger partial charge >= 0.3 is 0 Å². The third-order valence-corrected chi connectivity index (χ3v) is 2.71. The normalized spacial score (nSPS) is 12.1. The minimum atomic E-state index is 0.254. The van der Waals surface area contributed by atoms with Crippen molar-refractivity contribution < 1.29 is 4.74 Å². The lowest BCUT2D eigenvalue weighted by atomic mass is 10.2. The lowest BCUT2D eigenvalue weighted by Gasteiger charge is -2.22. The largest absolute Gasteiger partial charge is 0.492 e. The molecule has 92 valence electrons. The molecule has 0 aliphatic carbocycles. The van der Waals surface area contributed by atoms with Gasteiger partial charge in [-0.3, -0.25) is 4.90 Å². The van der Waals surface area contributed by atoms with Crippen LogP contribution in [0.15, 0.2) is 24.3 Å². The van der Waals surface area contributed by atoms with Gasteiger partial charge in [-0.1, -0.05) is 6.07 Å². The van der Waals surface area contributed by atoms with Crippen molar-refractivity contribution >= 4 is 5.69 Å². The molecule has 17 heavy (non-hydrogen) atoms. The summed E-state index contributed by atoms with van der Waals surface area (Å²) in [6.07, 6.45) is 0.536. The summed E-state index contributed by atoms with van der Waals surface area (Å²) in [5.41, 5.74) is 6.35. The minimum Gasteiger partial charge on any atom is -0.492 e. The average Bonchev–Trinajstić information content (AvgIpc) is 2.29. The molecule has 0 aliphatic rings. The van der Waals surface area contributed by atoms with Crippen LogP contribution in [0.1, 0.15) is 13.3 Å². The molecule has 1 aromatic rings. The maximum atomic E-state index is 8.60. The van der Waals surface area contributed by atoms with Crippen LogP contribution < -0.4 is 10.5 Å². The molecule has 1 unspecified atom stereocenters. The first-order valence-corrected chi connectivity index (χ1v) is 5.69. The molecule has 0 heterocycles. The molecular weight excluding hydrogens is 214 g/mol. The molecule has 1 rings (SSSR count). The molecule has 0 radical (unpaired) electrons. The molecule has 0 aliphatic heterocycles. The van der Waals surface area contributed by atoms with E-state index in [1.165, 1.54) is 0 Å². The Balaban J connectivity index is 2.31. The zero-order chi connectivity index (χ0) is 12.7. The number of nitriles is 1. The van der Waals surface area contributed by atoms with Crippen LogP contribution in [0.4, 0.5) is 5.69 Å². The summed E-state index contributed by atoms with van der Waals surface area (Å²) in [4.78, 5) is 2.11. The number of nitrogens with two attached hydrogens (primary N) is 1. The van der Waals surface area contributed by atoms with Gasteiger partial charge in [0.15, 0.2) is 0 Å². The minimum absolute atomic E-state index is 0.254. The van der Waals surface area contributed by atoms with Crippen molar-refractivity contribution in [3.8, 4) is 11.8 Å². The van der Waals surface area contributed by atoms with Crippen LogP contribution in [0.5, 0.6) is 5.75 Å². The second kappa shape index (κ2) is 6.77. The first-order chi connectivity index (χ1) is 8.13. The van der Waals surface area contributed by atoms with Crippen molar-refractivity contribution in [3.63, 3.8) is 0 Å². The van der Waals surface area contributed by atoms with Gasteiger partial charge in [-0.25, -0.2) is 0 Å². The zero-order valence-corrected chi connectivity index (χ0v) is 10.4. The van der Waals surface area contributed by atoms with Crippen LogP contribution in [0.2, 0.25) is 0 Å². The Labute approximate surface area is 103 Å². The van der Waals surface area contributed by atoms with Crippen molar-refractivity contribution in [2.45, 2.75) is 19.4 Å². The van der Waals surface area contributed by atoms with Gasteiger partial charge in [0.25, 0.3) is 0 Å². The van der Waals surface area contributed by atoms with Crippen molar-refractivity contribution in [2.75, 3.05) is 25.9 Å². The van der Waals surface area contributed by atoms with Gasteiger partial charge in [-0.2, -0.15) is 5.26 Å². The summed E-state index contributed by atoms with van der Waals surface area (Å²) in [6.45, 7) is 3.41. The Kier molecular flexibility index (Phi) is 5.31. The fourth-order valence-electron chi connectivity index (χ4n) is 1.42. The summed E-state index contributed by atoms with van der Waals surface area (Å²) < 4.78 is 5.58. The summed E-state index contributed by atoms with van der Waals surface area (Å²) in [6, 6.07) is 9.80. The van der Waals surface area contributed by atoms with Gasteiger partial charge in [-0.15, -0.1) is 0 Å². The van der Waals surface area contributed by atoms with E-state index in [1.54, 1.807) is 6.07 Å². The zero-order valence-electron chi connectivity index (χ0n) is 10.4. The summed E-state index contributed by atoms with van der Waals surface area (Å²) >= 11 is 0. The van der Waals surface area contributed by atoms with E-state index in [-0.39, 0.29) is 6.04 Å². The predicted molar refractivity (Wildman–Crippen MR) is 68.7 cm³/mol. The van der Waals surface area contributed by atoms with Gasteiger partial charge < -0.3 is 10.5 Å². The third-order valence-electron chi connectivity index (χ3n) is 2.71. The molecule has 4 heteroatoms. The number of likely N-dealkylation sites (N-methyl/N-ethyl adjacent to an activating group) is 1. The molecule has 0 fully saturated rings. The van der Waals surface area contributed by atoms with Crippen LogP contribution in [-0.2, 0) is 0 Å². The maximum Gasteiger partial charge on any atom is 0.121 e. The second-order valence-corrected chi connectivity index (χ2v) is 4.11. The van der Waals surface area contributed by atoms with Crippen molar-refractivity contribution in [1.29, 1.82) is 5.26 Å². The van der Waals surface area contributed by atoms with Crippen LogP contribution in [0, 0.1) is 11.3 Å². The van der Waals surface area contributed by atoms with Gasteiger partial charge in [0.2, 0.25) is 0 Å². The molecule has 4 nitrogen and oxygen atoms in total. The number of hydrogen-bond donors (Lipinski definition) is 1. The Morgan fingerprint density at radius 1 is 1.53 bits per heavy atom. The number of benzene rings is 1. The predicted octanol–water partition coefficient (Wildman–Crippen LogP) is 1.88. The lowest BCUT2D eigenvalue weighted by Crippen LogP contribution is -2.32. The quantitative estimate of drug-likeness (QED) is 0.762.